The van der Waals surface area contributed by atoms with Crippen LogP contribution in [0.3, 0.4) is 0 Å². The molecule has 208 valence electrons. The van der Waals surface area contributed by atoms with E-state index in [-0.39, 0.29) is 0 Å². The highest BCUT2D eigenvalue weighted by Crippen LogP contribution is 2.43. The highest BCUT2D eigenvalue weighted by Gasteiger charge is 2.22. The molecule has 1 aromatic heterocycles. The molecule has 0 saturated heterocycles. The number of nitrogens with one attached hydrogen (secondary N) is 1. The number of nitrogens with zero attached hydrogens (tertiary/aromatic N) is 1. The first-order valence-corrected chi connectivity index (χ1v) is 15.9. The first kappa shape index (κ1) is 25.1. The monoisotopic (exact) mass is 580 g/mol. The Morgan fingerprint density at radius 2 is 1.14 bits per heavy atom. The molecule has 0 unspecified atom stereocenters. The van der Waals surface area contributed by atoms with Gasteiger partial charge in [0.15, 0.2) is 0 Å². The first-order chi connectivity index (χ1) is 21.8. The van der Waals surface area contributed by atoms with Crippen LogP contribution in [0.25, 0.3) is 59.6 Å². The molecule has 0 atom stereocenters. The van der Waals surface area contributed by atoms with E-state index in [9.17, 15) is 0 Å². The molecule has 7 aromatic carbocycles. The van der Waals surface area contributed by atoms with E-state index >= 15 is 0 Å². The van der Waals surface area contributed by atoms with Gasteiger partial charge in [0.1, 0.15) is 0 Å². The molecule has 0 radical (unpaired) electrons. The highest BCUT2D eigenvalue weighted by atomic mass is 32.1. The van der Waals surface area contributed by atoms with E-state index < -0.39 is 0 Å². The molecule has 0 spiro atoms. The molecule has 8 aromatic rings. The normalized spacial score (nSPS) is 12.8. The standard InChI is InChI=1S/C41H28N2S/c1-2-8-27(9-3-1)28-14-19-31(20-15-28)43(33-25-40-41(42-26-33)37-12-6-7-13-39(37)44-40)32-21-16-30-18-22-35-34-11-5-4-10-29(34)17-23-36(35)38(30)24-32/h1-25,42H,26H2. The summed E-state index contributed by atoms with van der Waals surface area (Å²) in [7, 11) is 0. The van der Waals surface area contributed by atoms with E-state index in [1.165, 1.54) is 69.8 Å². The van der Waals surface area contributed by atoms with Gasteiger partial charge in [-0.25, -0.2) is 0 Å². The van der Waals surface area contributed by atoms with Crippen LogP contribution in [0, 0.1) is 0 Å². The molecule has 0 bridgehead atoms. The van der Waals surface area contributed by atoms with Crippen molar-refractivity contribution in [3.05, 3.63) is 156 Å². The van der Waals surface area contributed by atoms with Crippen LogP contribution < -0.4 is 10.2 Å². The van der Waals surface area contributed by atoms with Crippen molar-refractivity contribution in [2.75, 3.05) is 16.8 Å². The van der Waals surface area contributed by atoms with Gasteiger partial charge in [0.25, 0.3) is 0 Å². The minimum atomic E-state index is 0.742. The zero-order chi connectivity index (χ0) is 29.0. The Hall–Kier alpha value is -5.38. The lowest BCUT2D eigenvalue weighted by molar-refractivity contribution is 1.09. The average Bonchev–Trinajstić information content (AvgIpc) is 3.47. The van der Waals surface area contributed by atoms with Crippen LogP contribution in [0.15, 0.2) is 151 Å². The summed E-state index contributed by atoms with van der Waals surface area (Å²) < 4.78 is 1.31. The average molecular weight is 581 g/mol. The second kappa shape index (κ2) is 10.1. The van der Waals surface area contributed by atoms with Gasteiger partial charge in [-0.1, -0.05) is 115 Å². The Balaban J connectivity index is 1.23. The molecule has 1 aliphatic heterocycles. The van der Waals surface area contributed by atoms with Crippen molar-refractivity contribution in [3.63, 3.8) is 0 Å². The summed E-state index contributed by atoms with van der Waals surface area (Å²) in [5, 5.41) is 12.7. The predicted molar refractivity (Wildman–Crippen MR) is 191 cm³/mol. The van der Waals surface area contributed by atoms with Crippen LogP contribution in [-0.4, -0.2) is 6.54 Å². The van der Waals surface area contributed by atoms with Crippen molar-refractivity contribution in [2.45, 2.75) is 0 Å². The van der Waals surface area contributed by atoms with Gasteiger partial charge < -0.3 is 10.2 Å². The van der Waals surface area contributed by atoms with Crippen molar-refractivity contribution in [1.29, 1.82) is 0 Å². The van der Waals surface area contributed by atoms with Crippen molar-refractivity contribution in [1.82, 2.24) is 0 Å². The number of hydrogen-bond donors (Lipinski definition) is 1. The Labute approximate surface area is 260 Å². The summed E-state index contributed by atoms with van der Waals surface area (Å²) in [5.74, 6) is 0. The van der Waals surface area contributed by atoms with E-state index in [2.05, 4.69) is 162 Å². The minimum Gasteiger partial charge on any atom is -0.378 e. The SMILES string of the molecule is C1=C(N(c2ccc(-c3ccccc3)cc2)c2ccc3ccc4c5ccccc5ccc4c3c2)CNc2c1sc1ccccc21. The van der Waals surface area contributed by atoms with Crippen LogP contribution in [0.2, 0.25) is 0 Å². The van der Waals surface area contributed by atoms with Gasteiger partial charge in [-0.05, 0) is 79.9 Å². The molecule has 2 heterocycles. The van der Waals surface area contributed by atoms with E-state index in [1.54, 1.807) is 0 Å². The van der Waals surface area contributed by atoms with Gasteiger partial charge in [-0.15, -0.1) is 11.3 Å². The number of hydrogen-bond acceptors (Lipinski definition) is 3. The topological polar surface area (TPSA) is 15.3 Å². The first-order valence-electron chi connectivity index (χ1n) is 15.1. The molecule has 1 N–H and O–H groups in total. The number of anilines is 3. The summed E-state index contributed by atoms with van der Waals surface area (Å²) in [6.07, 6.45) is 2.38. The fourth-order valence-corrected chi connectivity index (χ4v) is 7.88. The van der Waals surface area contributed by atoms with Crippen molar-refractivity contribution >= 4 is 76.9 Å². The maximum Gasteiger partial charge on any atom is 0.0607 e. The minimum absolute atomic E-state index is 0.742. The van der Waals surface area contributed by atoms with Gasteiger partial charge in [-0.3, -0.25) is 0 Å². The quantitative estimate of drug-likeness (QED) is 0.208. The third kappa shape index (κ3) is 4.09. The number of fused-ring (bicyclic) bond motifs is 8. The Morgan fingerprint density at radius 3 is 1.98 bits per heavy atom. The van der Waals surface area contributed by atoms with Gasteiger partial charge in [0.2, 0.25) is 0 Å². The van der Waals surface area contributed by atoms with Crippen molar-refractivity contribution in [3.8, 4) is 11.1 Å². The van der Waals surface area contributed by atoms with E-state index in [0.717, 1.165) is 17.9 Å². The van der Waals surface area contributed by atoms with Crippen LogP contribution in [0.1, 0.15) is 4.88 Å². The maximum atomic E-state index is 3.78. The third-order valence-corrected chi connectivity index (χ3v) is 9.99. The summed E-state index contributed by atoms with van der Waals surface area (Å²) in [6.45, 7) is 0.742. The molecule has 0 fully saturated rings. The summed E-state index contributed by atoms with van der Waals surface area (Å²) in [6, 6.07) is 52.9. The van der Waals surface area contributed by atoms with E-state index in [4.69, 9.17) is 0 Å². The zero-order valence-electron chi connectivity index (χ0n) is 24.0. The van der Waals surface area contributed by atoms with Crippen molar-refractivity contribution < 1.29 is 0 Å². The maximum absolute atomic E-state index is 3.78. The predicted octanol–water partition coefficient (Wildman–Crippen LogP) is 11.6. The fourth-order valence-electron chi connectivity index (χ4n) is 6.73. The molecule has 0 amide bonds. The Morgan fingerprint density at radius 1 is 0.500 bits per heavy atom. The van der Waals surface area contributed by atoms with Crippen molar-refractivity contribution in [2.24, 2.45) is 0 Å². The lowest BCUT2D eigenvalue weighted by atomic mass is 9.96. The molecule has 0 aliphatic carbocycles. The third-order valence-electron chi connectivity index (χ3n) is 8.87. The molecule has 9 rings (SSSR count). The van der Waals surface area contributed by atoms with Gasteiger partial charge in [0, 0.05) is 27.2 Å². The smallest absolute Gasteiger partial charge is 0.0607 e. The fraction of sp³-hybridized carbons (Fsp3) is 0.0244. The highest BCUT2D eigenvalue weighted by molar-refractivity contribution is 7.20. The second-order valence-corrected chi connectivity index (χ2v) is 12.5. The summed E-state index contributed by atoms with van der Waals surface area (Å²) in [5.41, 5.74) is 7.21. The summed E-state index contributed by atoms with van der Waals surface area (Å²) >= 11 is 1.85. The van der Waals surface area contributed by atoms with Gasteiger partial charge in [-0.2, -0.15) is 0 Å². The van der Waals surface area contributed by atoms with E-state index in [0.29, 0.717) is 0 Å². The molecular weight excluding hydrogens is 553 g/mol. The Bertz CT molecular complexity index is 2380. The lowest BCUT2D eigenvalue weighted by Gasteiger charge is -2.31. The van der Waals surface area contributed by atoms with Gasteiger partial charge in [0.05, 0.1) is 17.1 Å². The number of benzene rings is 7. The molecule has 44 heavy (non-hydrogen) atoms. The van der Waals surface area contributed by atoms with Crippen LogP contribution >= 0.6 is 11.3 Å². The van der Waals surface area contributed by atoms with Crippen LogP contribution in [0.5, 0.6) is 0 Å². The summed E-state index contributed by atoms with van der Waals surface area (Å²) in [4.78, 5) is 3.70. The van der Waals surface area contributed by atoms with Gasteiger partial charge >= 0.3 is 0 Å². The van der Waals surface area contributed by atoms with Crippen LogP contribution in [0.4, 0.5) is 17.1 Å². The molecule has 2 nitrogen and oxygen atoms in total. The Kier molecular flexibility index (Phi) is 5.78. The molecule has 0 saturated carbocycles. The van der Waals surface area contributed by atoms with Crippen LogP contribution in [-0.2, 0) is 0 Å². The molecule has 3 heteroatoms. The molecule has 1 aliphatic rings. The van der Waals surface area contributed by atoms with E-state index in [1.807, 2.05) is 11.3 Å². The number of thiophene rings is 1. The zero-order valence-corrected chi connectivity index (χ0v) is 24.8. The molecular formula is C41H28N2S. The second-order valence-electron chi connectivity index (χ2n) is 11.4. The lowest BCUT2D eigenvalue weighted by Crippen LogP contribution is -2.24. The largest absolute Gasteiger partial charge is 0.378 e. The number of rotatable bonds is 4.